The van der Waals surface area contributed by atoms with Gasteiger partial charge in [0.1, 0.15) is 0 Å². The minimum atomic E-state index is -0.637. The molecule has 1 unspecified atom stereocenters. The SMILES string of the molecule is CC(O)(CC1CC1)C1(CN)Cc2ccccc2C1. The number of nitrogens with two attached hydrogens (primary N) is 1. The van der Waals surface area contributed by atoms with Crippen LogP contribution < -0.4 is 5.73 Å². The Hall–Kier alpha value is -0.860. The fraction of sp³-hybridized carbons (Fsp3) is 0.625. The van der Waals surface area contributed by atoms with Crippen LogP contribution in [0.5, 0.6) is 0 Å². The third-order valence-electron chi connectivity index (χ3n) is 5.09. The minimum absolute atomic E-state index is 0.153. The Morgan fingerprint density at radius 2 is 1.83 bits per heavy atom. The Kier molecular flexibility index (Phi) is 2.76. The molecule has 0 amide bonds. The van der Waals surface area contributed by atoms with E-state index in [0.29, 0.717) is 6.54 Å². The van der Waals surface area contributed by atoms with Gasteiger partial charge in [-0.15, -0.1) is 0 Å². The second kappa shape index (κ2) is 4.07. The molecule has 0 radical (unpaired) electrons. The molecule has 2 nitrogen and oxygen atoms in total. The van der Waals surface area contributed by atoms with Crippen LogP contribution in [-0.4, -0.2) is 17.3 Å². The van der Waals surface area contributed by atoms with Crippen molar-refractivity contribution in [2.45, 2.75) is 44.6 Å². The highest BCUT2D eigenvalue weighted by molar-refractivity contribution is 5.36. The molecule has 0 aromatic heterocycles. The predicted molar refractivity (Wildman–Crippen MR) is 73.3 cm³/mol. The van der Waals surface area contributed by atoms with Crippen LogP contribution in [0.3, 0.4) is 0 Å². The molecule has 1 fully saturated rings. The molecule has 1 atom stereocenters. The second-order valence-electron chi connectivity index (χ2n) is 6.53. The summed E-state index contributed by atoms with van der Waals surface area (Å²) < 4.78 is 0. The first-order valence-electron chi connectivity index (χ1n) is 7.06. The average molecular weight is 245 g/mol. The molecule has 3 rings (SSSR count). The molecule has 2 aliphatic rings. The molecule has 2 heteroatoms. The summed E-state index contributed by atoms with van der Waals surface area (Å²) in [6, 6.07) is 8.53. The monoisotopic (exact) mass is 245 g/mol. The van der Waals surface area contributed by atoms with E-state index >= 15 is 0 Å². The summed E-state index contributed by atoms with van der Waals surface area (Å²) in [5.41, 5.74) is 8.03. The van der Waals surface area contributed by atoms with Crippen LogP contribution in [0.2, 0.25) is 0 Å². The van der Waals surface area contributed by atoms with E-state index in [1.54, 1.807) is 0 Å². The first kappa shape index (κ1) is 12.2. The maximum atomic E-state index is 11.0. The first-order valence-corrected chi connectivity index (χ1v) is 7.06. The lowest BCUT2D eigenvalue weighted by molar-refractivity contribution is -0.0713. The van der Waals surface area contributed by atoms with Gasteiger partial charge >= 0.3 is 0 Å². The number of aliphatic hydroxyl groups is 1. The first-order chi connectivity index (χ1) is 8.56. The minimum Gasteiger partial charge on any atom is -0.390 e. The molecule has 98 valence electrons. The van der Waals surface area contributed by atoms with Gasteiger partial charge in [-0.1, -0.05) is 37.1 Å². The van der Waals surface area contributed by atoms with Crippen molar-refractivity contribution in [3.63, 3.8) is 0 Å². The van der Waals surface area contributed by atoms with Gasteiger partial charge < -0.3 is 10.8 Å². The molecule has 0 heterocycles. The normalized spacial score (nSPS) is 24.6. The zero-order valence-corrected chi connectivity index (χ0v) is 11.2. The van der Waals surface area contributed by atoms with E-state index in [2.05, 4.69) is 24.3 Å². The predicted octanol–water partition coefficient (Wildman–Crippen LogP) is 2.28. The van der Waals surface area contributed by atoms with Crippen LogP contribution in [-0.2, 0) is 12.8 Å². The van der Waals surface area contributed by atoms with Crippen molar-refractivity contribution in [1.82, 2.24) is 0 Å². The Morgan fingerprint density at radius 3 is 2.28 bits per heavy atom. The summed E-state index contributed by atoms with van der Waals surface area (Å²) in [6.45, 7) is 2.57. The molecule has 2 aliphatic carbocycles. The highest BCUT2D eigenvalue weighted by Crippen LogP contribution is 2.49. The van der Waals surface area contributed by atoms with Gasteiger partial charge in [-0.05, 0) is 43.2 Å². The van der Waals surface area contributed by atoms with Crippen LogP contribution in [0.15, 0.2) is 24.3 Å². The van der Waals surface area contributed by atoms with Gasteiger partial charge in [0.25, 0.3) is 0 Å². The standard InChI is InChI=1S/C16H23NO/c1-15(18,8-12-6-7-12)16(11-17)9-13-4-2-3-5-14(13)10-16/h2-5,12,18H,6-11,17H2,1H3. The second-order valence-corrected chi connectivity index (χ2v) is 6.53. The molecule has 1 aromatic rings. The van der Waals surface area contributed by atoms with Gasteiger partial charge in [-0.2, -0.15) is 0 Å². The fourth-order valence-electron chi connectivity index (χ4n) is 3.54. The largest absolute Gasteiger partial charge is 0.390 e. The molecule has 3 N–H and O–H groups in total. The van der Waals surface area contributed by atoms with Crippen LogP contribution in [0.1, 0.15) is 37.3 Å². The number of hydrogen-bond acceptors (Lipinski definition) is 2. The van der Waals surface area contributed by atoms with Crippen molar-refractivity contribution >= 4 is 0 Å². The highest BCUT2D eigenvalue weighted by atomic mass is 16.3. The third kappa shape index (κ3) is 1.88. The summed E-state index contributed by atoms with van der Waals surface area (Å²) in [5.74, 6) is 0.729. The number of hydrogen-bond donors (Lipinski definition) is 2. The van der Waals surface area contributed by atoms with Gasteiger partial charge in [-0.3, -0.25) is 0 Å². The number of fused-ring (bicyclic) bond motifs is 1. The maximum Gasteiger partial charge on any atom is 0.0696 e. The van der Waals surface area contributed by atoms with Gasteiger partial charge in [0, 0.05) is 12.0 Å². The molecule has 1 aromatic carbocycles. The van der Waals surface area contributed by atoms with Crippen molar-refractivity contribution in [3.8, 4) is 0 Å². The maximum absolute atomic E-state index is 11.0. The lowest BCUT2D eigenvalue weighted by Crippen LogP contribution is -2.51. The fourth-order valence-corrected chi connectivity index (χ4v) is 3.54. The summed E-state index contributed by atoms with van der Waals surface area (Å²) in [5, 5.41) is 11.0. The van der Waals surface area contributed by atoms with E-state index in [-0.39, 0.29) is 5.41 Å². The summed E-state index contributed by atoms with van der Waals surface area (Å²) in [7, 11) is 0. The molecule has 1 saturated carbocycles. The van der Waals surface area contributed by atoms with Crippen molar-refractivity contribution in [2.75, 3.05) is 6.54 Å². The van der Waals surface area contributed by atoms with Crippen LogP contribution >= 0.6 is 0 Å². The smallest absolute Gasteiger partial charge is 0.0696 e. The van der Waals surface area contributed by atoms with Gasteiger partial charge in [0.2, 0.25) is 0 Å². The van der Waals surface area contributed by atoms with E-state index < -0.39 is 5.60 Å². The topological polar surface area (TPSA) is 46.2 Å². The van der Waals surface area contributed by atoms with Gasteiger partial charge in [0.05, 0.1) is 5.60 Å². The van der Waals surface area contributed by atoms with Crippen molar-refractivity contribution in [1.29, 1.82) is 0 Å². The summed E-state index contributed by atoms with van der Waals surface area (Å²) in [6.07, 6.45) is 5.34. The molecule has 18 heavy (non-hydrogen) atoms. The Bertz CT molecular complexity index is 423. The summed E-state index contributed by atoms with van der Waals surface area (Å²) in [4.78, 5) is 0. The van der Waals surface area contributed by atoms with Crippen LogP contribution in [0, 0.1) is 11.3 Å². The lowest BCUT2D eigenvalue weighted by atomic mass is 9.68. The van der Waals surface area contributed by atoms with Crippen molar-refractivity contribution in [3.05, 3.63) is 35.4 Å². The van der Waals surface area contributed by atoms with E-state index in [0.717, 1.165) is 25.2 Å². The molecule has 0 aliphatic heterocycles. The van der Waals surface area contributed by atoms with E-state index in [4.69, 9.17) is 5.73 Å². The quantitative estimate of drug-likeness (QED) is 0.855. The Labute approximate surface area is 109 Å². The molecule has 0 spiro atoms. The Balaban J connectivity index is 1.88. The third-order valence-corrected chi connectivity index (χ3v) is 5.09. The summed E-state index contributed by atoms with van der Waals surface area (Å²) >= 11 is 0. The molecular weight excluding hydrogens is 222 g/mol. The number of rotatable bonds is 4. The van der Waals surface area contributed by atoms with Crippen molar-refractivity contribution in [2.24, 2.45) is 17.1 Å². The number of benzene rings is 1. The van der Waals surface area contributed by atoms with Gasteiger partial charge in [0.15, 0.2) is 0 Å². The van der Waals surface area contributed by atoms with Crippen molar-refractivity contribution < 1.29 is 5.11 Å². The van der Waals surface area contributed by atoms with E-state index in [9.17, 15) is 5.11 Å². The van der Waals surface area contributed by atoms with Crippen LogP contribution in [0.4, 0.5) is 0 Å². The van der Waals surface area contributed by atoms with E-state index in [1.165, 1.54) is 24.0 Å². The average Bonchev–Trinajstić information content (AvgIpc) is 3.05. The molecule has 0 bridgehead atoms. The van der Waals surface area contributed by atoms with E-state index in [1.807, 2.05) is 6.92 Å². The Morgan fingerprint density at radius 1 is 1.28 bits per heavy atom. The highest BCUT2D eigenvalue weighted by Gasteiger charge is 2.51. The molecule has 0 saturated heterocycles. The zero-order chi connectivity index (χ0) is 12.8. The van der Waals surface area contributed by atoms with Gasteiger partial charge in [-0.25, -0.2) is 0 Å². The lowest BCUT2D eigenvalue weighted by Gasteiger charge is -2.42. The molecular formula is C16H23NO. The zero-order valence-electron chi connectivity index (χ0n) is 11.2. The van der Waals surface area contributed by atoms with Crippen LogP contribution in [0.25, 0.3) is 0 Å².